The minimum atomic E-state index is -2.57. The molecule has 1 fully saturated rings. The zero-order chi connectivity index (χ0) is 14.5. The monoisotopic (exact) mass is 284 g/mol. The van der Waals surface area contributed by atoms with Crippen LogP contribution in [0.4, 0.5) is 8.78 Å². The molecule has 0 atom stereocenters. The number of rotatable bonds is 5. The van der Waals surface area contributed by atoms with Crippen LogP contribution in [-0.4, -0.2) is 24.1 Å². The number of hydrogen-bond acceptors (Lipinski definition) is 2. The number of hydrogen-bond donors (Lipinski definition) is 1. The van der Waals surface area contributed by atoms with Gasteiger partial charge in [0.15, 0.2) is 0 Å². The molecule has 3 nitrogen and oxygen atoms in total. The molecule has 1 saturated carbocycles. The summed E-state index contributed by atoms with van der Waals surface area (Å²) in [6, 6.07) is 4.63. The molecule has 0 amide bonds. The number of carboxylic acid groups (broad SMARTS) is 1. The molecule has 0 aromatic heterocycles. The Hall–Kier alpha value is -1.65. The van der Waals surface area contributed by atoms with E-state index in [1.165, 1.54) is 12.5 Å². The molecule has 110 valence electrons. The molecule has 1 aromatic carbocycles. The summed E-state index contributed by atoms with van der Waals surface area (Å²) in [6.45, 7) is -0.715. The van der Waals surface area contributed by atoms with Gasteiger partial charge < -0.3 is 9.84 Å². The van der Waals surface area contributed by atoms with Crippen LogP contribution < -0.4 is 4.74 Å². The average molecular weight is 284 g/mol. The molecule has 0 heterocycles. The minimum absolute atomic E-state index is 0.0948. The second-order valence-electron chi connectivity index (χ2n) is 5.13. The van der Waals surface area contributed by atoms with Crippen LogP contribution in [0.1, 0.15) is 53.9 Å². The van der Waals surface area contributed by atoms with Crippen LogP contribution in [0, 0.1) is 0 Å². The number of carbonyl (C=O) groups is 1. The summed E-state index contributed by atoms with van der Waals surface area (Å²) >= 11 is 0. The van der Waals surface area contributed by atoms with Gasteiger partial charge in [-0.2, -0.15) is 0 Å². The third-order valence-corrected chi connectivity index (χ3v) is 3.63. The third kappa shape index (κ3) is 3.92. The molecule has 0 radical (unpaired) electrons. The smallest absolute Gasteiger partial charge is 0.335 e. The van der Waals surface area contributed by atoms with Crippen LogP contribution in [0.5, 0.6) is 5.75 Å². The highest BCUT2D eigenvalue weighted by Crippen LogP contribution is 2.34. The fourth-order valence-electron chi connectivity index (χ4n) is 2.66. The van der Waals surface area contributed by atoms with Gasteiger partial charge in [-0.15, -0.1) is 0 Å². The molecular formula is C15H18F2O3. The number of halogens is 2. The second kappa shape index (κ2) is 6.68. The van der Waals surface area contributed by atoms with Crippen LogP contribution in [0.3, 0.4) is 0 Å². The summed E-state index contributed by atoms with van der Waals surface area (Å²) in [5, 5.41) is 9.11. The molecule has 0 spiro atoms. The summed E-state index contributed by atoms with van der Waals surface area (Å²) in [4.78, 5) is 11.1. The highest BCUT2D eigenvalue weighted by atomic mass is 19.3. The van der Waals surface area contributed by atoms with Gasteiger partial charge in [-0.3, -0.25) is 0 Å². The quantitative estimate of drug-likeness (QED) is 0.886. The Morgan fingerprint density at radius 1 is 1.25 bits per heavy atom. The van der Waals surface area contributed by atoms with Crippen LogP contribution in [0.25, 0.3) is 0 Å². The standard InChI is InChI=1S/C15H18F2O3/c16-14(17)9-20-13-7-11(6-12(8-13)15(18)19)10-4-2-1-3-5-10/h6-8,10,14H,1-5,9H2,(H,18,19). The molecule has 1 aliphatic rings. The Balaban J connectivity index is 2.22. The van der Waals surface area contributed by atoms with E-state index in [9.17, 15) is 13.6 Å². The predicted octanol–water partition coefficient (Wildman–Crippen LogP) is 4.08. The molecule has 0 aliphatic heterocycles. The Morgan fingerprint density at radius 2 is 1.95 bits per heavy atom. The van der Waals surface area contributed by atoms with Gasteiger partial charge in [0.2, 0.25) is 0 Å². The van der Waals surface area contributed by atoms with Crippen molar-refractivity contribution in [3.63, 3.8) is 0 Å². The lowest BCUT2D eigenvalue weighted by molar-refractivity contribution is 0.0695. The lowest BCUT2D eigenvalue weighted by Gasteiger charge is -2.23. The number of aromatic carboxylic acids is 1. The Bertz CT molecular complexity index is 468. The lowest BCUT2D eigenvalue weighted by Crippen LogP contribution is -2.10. The molecule has 2 rings (SSSR count). The molecule has 1 aliphatic carbocycles. The molecule has 0 unspecified atom stereocenters. The van der Waals surface area contributed by atoms with Crippen molar-refractivity contribution in [3.8, 4) is 5.75 Å². The maximum Gasteiger partial charge on any atom is 0.335 e. The van der Waals surface area contributed by atoms with Gasteiger partial charge in [0.05, 0.1) is 5.56 Å². The van der Waals surface area contributed by atoms with E-state index >= 15 is 0 Å². The maximum absolute atomic E-state index is 12.2. The van der Waals surface area contributed by atoms with Crippen LogP contribution in [0.15, 0.2) is 18.2 Å². The summed E-state index contributed by atoms with van der Waals surface area (Å²) in [6.07, 6.45) is 2.89. The van der Waals surface area contributed by atoms with Gasteiger partial charge in [-0.1, -0.05) is 19.3 Å². The molecule has 1 aromatic rings. The third-order valence-electron chi connectivity index (χ3n) is 3.63. The normalized spacial score (nSPS) is 16.4. The summed E-state index contributed by atoms with van der Waals surface area (Å²) in [5.74, 6) is -0.549. The van der Waals surface area contributed by atoms with Gasteiger partial charge in [-0.25, -0.2) is 13.6 Å². The number of benzene rings is 1. The fraction of sp³-hybridized carbons (Fsp3) is 0.533. The van der Waals surface area contributed by atoms with Gasteiger partial charge in [0.25, 0.3) is 6.43 Å². The average Bonchev–Trinajstić information content (AvgIpc) is 2.45. The number of alkyl halides is 2. The van der Waals surface area contributed by atoms with E-state index in [1.807, 2.05) is 0 Å². The summed E-state index contributed by atoms with van der Waals surface area (Å²) in [5.41, 5.74) is 0.978. The van der Waals surface area contributed by atoms with Crippen molar-refractivity contribution in [1.29, 1.82) is 0 Å². The largest absolute Gasteiger partial charge is 0.488 e. The van der Waals surface area contributed by atoms with E-state index in [0.717, 1.165) is 31.2 Å². The SMILES string of the molecule is O=C(O)c1cc(OCC(F)F)cc(C2CCCCC2)c1. The highest BCUT2D eigenvalue weighted by molar-refractivity contribution is 5.88. The first kappa shape index (κ1) is 14.8. The van der Waals surface area contributed by atoms with E-state index in [-0.39, 0.29) is 11.3 Å². The molecule has 0 saturated heterocycles. The van der Waals surface area contributed by atoms with Crippen molar-refractivity contribution in [1.82, 2.24) is 0 Å². The molecule has 5 heteroatoms. The van der Waals surface area contributed by atoms with E-state index < -0.39 is 19.0 Å². The first-order chi connectivity index (χ1) is 9.56. The minimum Gasteiger partial charge on any atom is -0.488 e. The van der Waals surface area contributed by atoms with Gasteiger partial charge >= 0.3 is 5.97 Å². The molecule has 20 heavy (non-hydrogen) atoms. The van der Waals surface area contributed by atoms with E-state index in [1.54, 1.807) is 12.1 Å². The Kier molecular flexibility index (Phi) is 4.93. The lowest BCUT2D eigenvalue weighted by atomic mass is 9.83. The first-order valence-corrected chi connectivity index (χ1v) is 6.85. The van der Waals surface area contributed by atoms with Crippen molar-refractivity contribution < 1.29 is 23.4 Å². The van der Waals surface area contributed by atoms with Crippen molar-refractivity contribution in [2.45, 2.75) is 44.4 Å². The van der Waals surface area contributed by atoms with E-state index in [4.69, 9.17) is 9.84 Å². The van der Waals surface area contributed by atoms with Gasteiger partial charge in [0.1, 0.15) is 12.4 Å². The molecule has 0 bridgehead atoms. The van der Waals surface area contributed by atoms with E-state index in [0.29, 0.717) is 5.92 Å². The first-order valence-electron chi connectivity index (χ1n) is 6.85. The van der Waals surface area contributed by atoms with Gasteiger partial charge in [0, 0.05) is 0 Å². The van der Waals surface area contributed by atoms with Crippen molar-refractivity contribution in [2.75, 3.05) is 6.61 Å². The van der Waals surface area contributed by atoms with Crippen molar-refractivity contribution >= 4 is 5.97 Å². The molecule has 1 N–H and O–H groups in total. The summed E-state index contributed by atoms with van der Waals surface area (Å²) in [7, 11) is 0. The van der Waals surface area contributed by atoms with Crippen LogP contribution >= 0.6 is 0 Å². The van der Waals surface area contributed by atoms with Crippen LogP contribution in [-0.2, 0) is 0 Å². The highest BCUT2D eigenvalue weighted by Gasteiger charge is 2.18. The topological polar surface area (TPSA) is 46.5 Å². The number of ether oxygens (including phenoxy) is 1. The zero-order valence-corrected chi connectivity index (χ0v) is 11.1. The van der Waals surface area contributed by atoms with Crippen molar-refractivity contribution in [2.24, 2.45) is 0 Å². The molecular weight excluding hydrogens is 266 g/mol. The second-order valence-corrected chi connectivity index (χ2v) is 5.13. The van der Waals surface area contributed by atoms with Gasteiger partial charge in [-0.05, 0) is 42.5 Å². The van der Waals surface area contributed by atoms with Crippen LogP contribution in [0.2, 0.25) is 0 Å². The number of carboxylic acids is 1. The fourth-order valence-corrected chi connectivity index (χ4v) is 2.66. The zero-order valence-electron chi connectivity index (χ0n) is 11.1. The Labute approximate surface area is 116 Å². The van der Waals surface area contributed by atoms with Crippen molar-refractivity contribution in [3.05, 3.63) is 29.3 Å². The summed E-state index contributed by atoms with van der Waals surface area (Å²) < 4.78 is 29.4. The Morgan fingerprint density at radius 3 is 2.55 bits per heavy atom. The maximum atomic E-state index is 12.2. The predicted molar refractivity (Wildman–Crippen MR) is 70.7 cm³/mol. The van der Waals surface area contributed by atoms with E-state index in [2.05, 4.69) is 0 Å².